The molecule has 0 bridgehead atoms. The van der Waals surface area contributed by atoms with Crippen LogP contribution in [0.1, 0.15) is 60.3 Å². The predicted molar refractivity (Wildman–Crippen MR) is 124 cm³/mol. The van der Waals surface area contributed by atoms with E-state index in [1.54, 1.807) is 12.3 Å². The Kier molecular flexibility index (Phi) is 5.80. The number of piperidine rings is 1. The zero-order chi connectivity index (χ0) is 22.9. The van der Waals surface area contributed by atoms with E-state index in [1.807, 2.05) is 25.1 Å². The highest BCUT2D eigenvalue weighted by Crippen LogP contribution is 2.39. The van der Waals surface area contributed by atoms with E-state index in [2.05, 4.69) is 25.2 Å². The number of carbonyl (C=O) groups is 1. The van der Waals surface area contributed by atoms with E-state index in [4.69, 9.17) is 0 Å². The summed E-state index contributed by atoms with van der Waals surface area (Å²) in [6.45, 7) is 4.71. The summed E-state index contributed by atoms with van der Waals surface area (Å²) in [5.41, 5.74) is 1.36. The van der Waals surface area contributed by atoms with E-state index >= 15 is 0 Å². The zero-order valence-electron chi connectivity index (χ0n) is 18.7. The number of rotatable bonds is 6. The van der Waals surface area contributed by atoms with Crippen LogP contribution in [0.15, 0.2) is 40.1 Å². The fraction of sp³-hybridized carbons (Fsp3) is 0.458. The van der Waals surface area contributed by atoms with Crippen LogP contribution in [0.4, 0.5) is 0 Å². The lowest BCUT2D eigenvalue weighted by atomic mass is 10.0. The topological polar surface area (TPSA) is 113 Å². The van der Waals surface area contributed by atoms with Gasteiger partial charge in [0.15, 0.2) is 5.65 Å². The van der Waals surface area contributed by atoms with Gasteiger partial charge in [0.25, 0.3) is 11.5 Å². The molecule has 0 atom stereocenters. The van der Waals surface area contributed by atoms with Crippen molar-refractivity contribution >= 4 is 16.9 Å². The van der Waals surface area contributed by atoms with Crippen molar-refractivity contribution < 1.29 is 4.79 Å². The third-order valence-corrected chi connectivity index (χ3v) is 6.56. The van der Waals surface area contributed by atoms with Crippen LogP contribution in [0, 0.1) is 0 Å². The van der Waals surface area contributed by atoms with Crippen molar-refractivity contribution in [2.75, 3.05) is 13.1 Å². The molecule has 0 unspecified atom stereocenters. The summed E-state index contributed by atoms with van der Waals surface area (Å²) in [5.74, 6) is 0.00904. The van der Waals surface area contributed by atoms with Gasteiger partial charge >= 0.3 is 5.69 Å². The van der Waals surface area contributed by atoms with E-state index in [0.717, 1.165) is 56.7 Å². The van der Waals surface area contributed by atoms with E-state index < -0.39 is 11.2 Å². The highest BCUT2D eigenvalue weighted by Gasteiger charge is 2.29. The van der Waals surface area contributed by atoms with Crippen LogP contribution >= 0.6 is 0 Å². The second-order valence-corrected chi connectivity index (χ2v) is 8.92. The number of amides is 1. The molecule has 33 heavy (non-hydrogen) atoms. The van der Waals surface area contributed by atoms with E-state index in [9.17, 15) is 14.4 Å². The maximum Gasteiger partial charge on any atom is 0.329 e. The number of aromatic nitrogens is 4. The Hall–Kier alpha value is -3.33. The number of aromatic amines is 1. The standard InChI is InChI=1S/C24H28N6O3/c1-2-30-21-20(23(32)28-24(30)33)18(13-19(27-21)15-6-7-15)22(31)26-16-8-11-29(12-9-16)14-17-5-3-4-10-25-17/h3-5,10,13,15-16H,2,6-9,11-12,14H2,1H3,(H,26,31)(H,28,32,33). The Morgan fingerprint density at radius 3 is 2.64 bits per heavy atom. The molecule has 1 saturated carbocycles. The van der Waals surface area contributed by atoms with Crippen LogP contribution in [0.3, 0.4) is 0 Å². The van der Waals surface area contributed by atoms with Gasteiger partial charge in [0.05, 0.1) is 16.6 Å². The van der Waals surface area contributed by atoms with Gasteiger partial charge in [0.2, 0.25) is 0 Å². The molecule has 5 rings (SSSR count). The molecule has 172 valence electrons. The van der Waals surface area contributed by atoms with E-state index in [0.29, 0.717) is 17.8 Å². The molecule has 9 nitrogen and oxygen atoms in total. The minimum absolute atomic E-state index is 0.0289. The Balaban J connectivity index is 1.36. The molecule has 1 amide bonds. The Morgan fingerprint density at radius 2 is 1.97 bits per heavy atom. The van der Waals surface area contributed by atoms with Gasteiger partial charge in [-0.05, 0) is 50.8 Å². The molecule has 3 aromatic rings. The molecular formula is C24H28N6O3. The quantitative estimate of drug-likeness (QED) is 0.594. The number of nitrogens with one attached hydrogen (secondary N) is 2. The molecule has 3 aromatic heterocycles. The maximum atomic E-state index is 13.3. The summed E-state index contributed by atoms with van der Waals surface area (Å²) in [4.78, 5) is 52.0. The third kappa shape index (κ3) is 4.45. The summed E-state index contributed by atoms with van der Waals surface area (Å²) in [6.07, 6.45) is 5.47. The summed E-state index contributed by atoms with van der Waals surface area (Å²) in [5, 5.41) is 3.31. The van der Waals surface area contributed by atoms with Crippen LogP contribution in [-0.4, -0.2) is 49.5 Å². The van der Waals surface area contributed by atoms with Crippen molar-refractivity contribution in [2.24, 2.45) is 0 Å². The smallest absolute Gasteiger partial charge is 0.329 e. The Bertz CT molecular complexity index is 1290. The number of H-pyrrole nitrogens is 1. The number of likely N-dealkylation sites (tertiary alicyclic amines) is 1. The van der Waals surface area contributed by atoms with Gasteiger partial charge in [0.1, 0.15) is 0 Å². The first-order valence-corrected chi connectivity index (χ1v) is 11.6. The zero-order valence-corrected chi connectivity index (χ0v) is 18.7. The second kappa shape index (κ2) is 8.90. The molecule has 2 aliphatic rings. The highest BCUT2D eigenvalue weighted by atomic mass is 16.2. The lowest BCUT2D eigenvalue weighted by Gasteiger charge is -2.32. The Labute approximate surface area is 190 Å². The van der Waals surface area contributed by atoms with E-state index in [1.165, 1.54) is 4.57 Å². The van der Waals surface area contributed by atoms with Crippen LogP contribution in [-0.2, 0) is 13.1 Å². The normalized spacial score (nSPS) is 17.4. The minimum Gasteiger partial charge on any atom is -0.349 e. The summed E-state index contributed by atoms with van der Waals surface area (Å²) < 4.78 is 1.43. The number of fused-ring (bicyclic) bond motifs is 1. The number of aryl methyl sites for hydroxylation is 1. The molecule has 9 heteroatoms. The fourth-order valence-electron chi connectivity index (χ4n) is 4.57. The van der Waals surface area contributed by atoms with Gasteiger partial charge < -0.3 is 5.32 Å². The fourth-order valence-corrected chi connectivity index (χ4v) is 4.57. The minimum atomic E-state index is -0.565. The summed E-state index contributed by atoms with van der Waals surface area (Å²) in [6, 6.07) is 7.69. The Morgan fingerprint density at radius 1 is 1.18 bits per heavy atom. The molecule has 2 fully saturated rings. The van der Waals surface area contributed by atoms with Crippen molar-refractivity contribution in [1.82, 2.24) is 29.7 Å². The first kappa shape index (κ1) is 21.5. The van der Waals surface area contributed by atoms with Crippen LogP contribution in [0.5, 0.6) is 0 Å². The molecule has 2 N–H and O–H groups in total. The average Bonchev–Trinajstić information content (AvgIpc) is 3.66. The molecular weight excluding hydrogens is 420 g/mol. The van der Waals surface area contributed by atoms with Crippen LogP contribution in [0.25, 0.3) is 11.0 Å². The SMILES string of the molecule is CCn1c(=O)[nH]c(=O)c2c(C(=O)NC3CCN(Cc4ccccn4)CC3)cc(C3CC3)nc21. The number of hydrogen-bond donors (Lipinski definition) is 2. The number of nitrogens with zero attached hydrogens (tertiary/aromatic N) is 4. The molecule has 1 aliphatic carbocycles. The van der Waals surface area contributed by atoms with Crippen molar-refractivity contribution in [1.29, 1.82) is 0 Å². The number of hydrogen-bond acceptors (Lipinski definition) is 6. The van der Waals surface area contributed by atoms with Crippen LogP contribution in [0.2, 0.25) is 0 Å². The van der Waals surface area contributed by atoms with Gasteiger partial charge in [-0.2, -0.15) is 0 Å². The van der Waals surface area contributed by atoms with Gasteiger partial charge in [-0.3, -0.25) is 29.0 Å². The van der Waals surface area contributed by atoms with Crippen molar-refractivity contribution in [3.05, 3.63) is 68.3 Å². The monoisotopic (exact) mass is 448 g/mol. The lowest BCUT2D eigenvalue weighted by Crippen LogP contribution is -2.44. The first-order chi connectivity index (χ1) is 16.0. The molecule has 1 aliphatic heterocycles. The predicted octanol–water partition coefficient (Wildman–Crippen LogP) is 1.77. The molecule has 4 heterocycles. The largest absolute Gasteiger partial charge is 0.349 e. The molecule has 0 spiro atoms. The van der Waals surface area contributed by atoms with Gasteiger partial charge in [-0.1, -0.05) is 6.07 Å². The average molecular weight is 449 g/mol. The van der Waals surface area contributed by atoms with Gasteiger partial charge in [-0.15, -0.1) is 0 Å². The number of pyridine rings is 2. The van der Waals surface area contributed by atoms with Crippen molar-refractivity contribution in [2.45, 2.75) is 57.7 Å². The summed E-state index contributed by atoms with van der Waals surface area (Å²) >= 11 is 0. The van der Waals surface area contributed by atoms with Gasteiger partial charge in [0, 0.05) is 50.0 Å². The third-order valence-electron chi connectivity index (χ3n) is 6.56. The lowest BCUT2D eigenvalue weighted by molar-refractivity contribution is 0.0910. The number of carbonyl (C=O) groups excluding carboxylic acids is 1. The maximum absolute atomic E-state index is 13.3. The van der Waals surface area contributed by atoms with Crippen molar-refractivity contribution in [3.8, 4) is 0 Å². The van der Waals surface area contributed by atoms with E-state index in [-0.39, 0.29) is 23.3 Å². The summed E-state index contributed by atoms with van der Waals surface area (Å²) in [7, 11) is 0. The molecule has 0 radical (unpaired) electrons. The van der Waals surface area contributed by atoms with Crippen molar-refractivity contribution in [3.63, 3.8) is 0 Å². The van der Waals surface area contributed by atoms with Gasteiger partial charge in [-0.25, -0.2) is 9.78 Å². The highest BCUT2D eigenvalue weighted by molar-refractivity contribution is 6.05. The van der Waals surface area contributed by atoms with Crippen LogP contribution < -0.4 is 16.6 Å². The molecule has 1 saturated heterocycles. The molecule has 0 aromatic carbocycles. The second-order valence-electron chi connectivity index (χ2n) is 8.92. The first-order valence-electron chi connectivity index (χ1n) is 11.6.